The van der Waals surface area contributed by atoms with Crippen LogP contribution in [0.5, 0.6) is 0 Å². The second-order valence-corrected chi connectivity index (χ2v) is 5.34. The summed E-state index contributed by atoms with van der Waals surface area (Å²) in [4.78, 5) is 5.80. The van der Waals surface area contributed by atoms with Crippen molar-refractivity contribution in [2.75, 3.05) is 11.9 Å². The third-order valence-electron chi connectivity index (χ3n) is 3.61. The SMILES string of the molecule is CN(c1ncc(C(F)(F)F)cc1Cl)C1CCCCC1. The Hall–Kier alpha value is -0.970. The monoisotopic (exact) mass is 292 g/mol. The summed E-state index contributed by atoms with van der Waals surface area (Å²) < 4.78 is 37.6. The number of alkyl halides is 3. The van der Waals surface area contributed by atoms with Gasteiger partial charge in [-0.15, -0.1) is 0 Å². The average Bonchev–Trinajstić information content (AvgIpc) is 2.38. The Morgan fingerprint density at radius 2 is 1.89 bits per heavy atom. The van der Waals surface area contributed by atoms with Crippen LogP contribution in [0.1, 0.15) is 37.7 Å². The van der Waals surface area contributed by atoms with Crippen molar-refractivity contribution in [2.45, 2.75) is 44.3 Å². The van der Waals surface area contributed by atoms with Gasteiger partial charge in [-0.1, -0.05) is 30.9 Å². The predicted octanol–water partition coefficient (Wildman–Crippen LogP) is 4.52. The van der Waals surface area contributed by atoms with Crippen molar-refractivity contribution >= 4 is 17.4 Å². The van der Waals surface area contributed by atoms with Gasteiger partial charge in [0.2, 0.25) is 0 Å². The van der Waals surface area contributed by atoms with Crippen LogP contribution in [0.4, 0.5) is 19.0 Å². The number of pyridine rings is 1. The van der Waals surface area contributed by atoms with Gasteiger partial charge in [0.1, 0.15) is 5.82 Å². The first-order valence-electron chi connectivity index (χ1n) is 6.35. The van der Waals surface area contributed by atoms with E-state index in [1.165, 1.54) is 6.42 Å². The lowest BCUT2D eigenvalue weighted by atomic mass is 9.94. The smallest absolute Gasteiger partial charge is 0.355 e. The Morgan fingerprint density at radius 1 is 1.26 bits per heavy atom. The molecule has 1 aliphatic carbocycles. The van der Waals surface area contributed by atoms with Crippen LogP contribution < -0.4 is 4.90 Å². The summed E-state index contributed by atoms with van der Waals surface area (Å²) in [5, 5.41) is 0.0582. The van der Waals surface area contributed by atoms with E-state index in [4.69, 9.17) is 11.6 Å². The number of aromatic nitrogens is 1. The van der Waals surface area contributed by atoms with Crippen LogP contribution in [0.3, 0.4) is 0 Å². The normalized spacial score (nSPS) is 17.5. The number of hydrogen-bond donors (Lipinski definition) is 0. The molecule has 0 N–H and O–H groups in total. The third kappa shape index (κ3) is 3.32. The highest BCUT2D eigenvalue weighted by molar-refractivity contribution is 6.33. The highest BCUT2D eigenvalue weighted by Crippen LogP contribution is 2.34. The first-order valence-corrected chi connectivity index (χ1v) is 6.73. The van der Waals surface area contributed by atoms with Gasteiger partial charge in [-0.3, -0.25) is 0 Å². The lowest BCUT2D eigenvalue weighted by Gasteiger charge is -2.32. The summed E-state index contributed by atoms with van der Waals surface area (Å²) in [7, 11) is 1.84. The Kier molecular flexibility index (Phi) is 4.23. The van der Waals surface area contributed by atoms with Crippen molar-refractivity contribution in [3.63, 3.8) is 0 Å². The van der Waals surface area contributed by atoms with E-state index in [1.54, 1.807) is 0 Å². The molecule has 0 bridgehead atoms. The van der Waals surface area contributed by atoms with Crippen molar-refractivity contribution < 1.29 is 13.2 Å². The molecule has 106 valence electrons. The minimum absolute atomic E-state index is 0.0582. The molecule has 1 saturated carbocycles. The molecule has 0 saturated heterocycles. The fourth-order valence-electron chi connectivity index (χ4n) is 2.49. The summed E-state index contributed by atoms with van der Waals surface area (Å²) in [6.45, 7) is 0. The zero-order valence-electron chi connectivity index (χ0n) is 10.7. The van der Waals surface area contributed by atoms with E-state index in [9.17, 15) is 13.2 Å². The molecule has 1 aromatic heterocycles. The molecule has 0 aliphatic heterocycles. The van der Waals surface area contributed by atoms with E-state index in [0.29, 0.717) is 11.9 Å². The van der Waals surface area contributed by atoms with Crippen molar-refractivity contribution in [2.24, 2.45) is 0 Å². The molecule has 1 heterocycles. The number of halogens is 4. The first-order chi connectivity index (χ1) is 8.89. The summed E-state index contributed by atoms with van der Waals surface area (Å²) in [5.74, 6) is 0.432. The van der Waals surface area contributed by atoms with Crippen LogP contribution in [0.25, 0.3) is 0 Å². The van der Waals surface area contributed by atoms with E-state index < -0.39 is 11.7 Å². The minimum atomic E-state index is -4.40. The highest BCUT2D eigenvalue weighted by Gasteiger charge is 2.32. The van der Waals surface area contributed by atoms with Gasteiger partial charge >= 0.3 is 6.18 Å². The predicted molar refractivity (Wildman–Crippen MR) is 69.5 cm³/mol. The second kappa shape index (κ2) is 5.57. The molecule has 0 aromatic carbocycles. The standard InChI is InChI=1S/C13H16ClF3N2/c1-19(10-5-3-2-4-6-10)12-11(14)7-9(8-18-12)13(15,16)17/h7-8,10H,2-6H2,1H3. The molecule has 0 unspecified atom stereocenters. The molecule has 0 atom stereocenters. The molecule has 1 aromatic rings. The lowest BCUT2D eigenvalue weighted by molar-refractivity contribution is -0.137. The van der Waals surface area contributed by atoms with Gasteiger partial charge in [0.15, 0.2) is 0 Å². The maximum absolute atomic E-state index is 12.5. The maximum Gasteiger partial charge on any atom is 0.417 e. The van der Waals surface area contributed by atoms with E-state index in [-0.39, 0.29) is 5.02 Å². The van der Waals surface area contributed by atoms with Crippen molar-refractivity contribution in [3.05, 3.63) is 22.8 Å². The van der Waals surface area contributed by atoms with Gasteiger partial charge in [-0.05, 0) is 18.9 Å². The molecule has 2 nitrogen and oxygen atoms in total. The van der Waals surface area contributed by atoms with Crippen molar-refractivity contribution in [3.8, 4) is 0 Å². The zero-order chi connectivity index (χ0) is 14.0. The maximum atomic E-state index is 12.5. The van der Waals surface area contributed by atoms with Crippen LogP contribution in [0.15, 0.2) is 12.3 Å². The summed E-state index contributed by atoms with van der Waals surface area (Å²) in [6.07, 6.45) is 2.03. The molecule has 1 aliphatic rings. The van der Waals surface area contributed by atoms with Gasteiger partial charge in [-0.25, -0.2) is 4.98 Å². The molecule has 2 rings (SSSR count). The van der Waals surface area contributed by atoms with Crippen molar-refractivity contribution in [1.29, 1.82) is 0 Å². The Balaban J connectivity index is 2.20. The molecule has 6 heteroatoms. The number of nitrogens with zero attached hydrogens (tertiary/aromatic N) is 2. The van der Waals surface area contributed by atoms with Gasteiger partial charge in [0.25, 0.3) is 0 Å². The number of anilines is 1. The van der Waals surface area contributed by atoms with Crippen LogP contribution in [-0.2, 0) is 6.18 Å². The molecule has 0 amide bonds. The number of rotatable bonds is 2. The molecule has 0 spiro atoms. The van der Waals surface area contributed by atoms with Gasteiger partial charge < -0.3 is 4.90 Å². The molecular weight excluding hydrogens is 277 g/mol. The topological polar surface area (TPSA) is 16.1 Å². The van der Waals surface area contributed by atoms with Gasteiger partial charge in [0, 0.05) is 19.3 Å². The van der Waals surface area contributed by atoms with Crippen LogP contribution in [0.2, 0.25) is 5.02 Å². The van der Waals surface area contributed by atoms with Crippen molar-refractivity contribution in [1.82, 2.24) is 4.98 Å². The molecule has 19 heavy (non-hydrogen) atoms. The minimum Gasteiger partial charge on any atom is -0.355 e. The number of hydrogen-bond acceptors (Lipinski definition) is 2. The van der Waals surface area contributed by atoms with E-state index in [2.05, 4.69) is 4.98 Å². The summed E-state index contributed by atoms with van der Waals surface area (Å²) in [5.41, 5.74) is -0.807. The fraction of sp³-hybridized carbons (Fsp3) is 0.615. The highest BCUT2D eigenvalue weighted by atomic mass is 35.5. The Bertz CT molecular complexity index is 442. The van der Waals surface area contributed by atoms with E-state index in [1.807, 2.05) is 11.9 Å². The zero-order valence-corrected chi connectivity index (χ0v) is 11.4. The Labute approximate surface area is 115 Å². The Morgan fingerprint density at radius 3 is 2.42 bits per heavy atom. The fourth-order valence-corrected chi connectivity index (χ4v) is 2.79. The summed E-state index contributed by atoms with van der Waals surface area (Å²) in [6, 6.07) is 1.26. The quantitative estimate of drug-likeness (QED) is 0.796. The average molecular weight is 293 g/mol. The van der Waals surface area contributed by atoms with Crippen LogP contribution in [-0.4, -0.2) is 18.1 Å². The summed E-state index contributed by atoms with van der Waals surface area (Å²) >= 11 is 5.95. The third-order valence-corrected chi connectivity index (χ3v) is 3.88. The lowest BCUT2D eigenvalue weighted by Crippen LogP contribution is -2.34. The molecular formula is C13H16ClF3N2. The second-order valence-electron chi connectivity index (χ2n) is 4.93. The van der Waals surface area contributed by atoms with Crippen LogP contribution in [0, 0.1) is 0 Å². The van der Waals surface area contributed by atoms with Gasteiger partial charge in [0.05, 0.1) is 10.6 Å². The van der Waals surface area contributed by atoms with Crippen LogP contribution >= 0.6 is 11.6 Å². The molecule has 1 fully saturated rings. The first kappa shape index (κ1) is 14.4. The van der Waals surface area contributed by atoms with E-state index in [0.717, 1.165) is 37.9 Å². The van der Waals surface area contributed by atoms with E-state index >= 15 is 0 Å². The molecule has 0 radical (unpaired) electrons. The van der Waals surface area contributed by atoms with Gasteiger partial charge in [-0.2, -0.15) is 13.2 Å². The largest absolute Gasteiger partial charge is 0.417 e.